The van der Waals surface area contributed by atoms with Crippen LogP contribution in [0.4, 0.5) is 5.69 Å². The van der Waals surface area contributed by atoms with Crippen molar-refractivity contribution in [2.24, 2.45) is 0 Å². The van der Waals surface area contributed by atoms with Gasteiger partial charge in [-0.2, -0.15) is 0 Å². The molecule has 21 heavy (non-hydrogen) atoms. The molecule has 0 aliphatic heterocycles. The minimum absolute atomic E-state index is 0.0524. The summed E-state index contributed by atoms with van der Waals surface area (Å²) in [5, 5.41) is 10.6. The maximum atomic E-state index is 10.7. The Kier molecular flexibility index (Phi) is 5.39. The van der Waals surface area contributed by atoms with E-state index in [1.54, 1.807) is 20.1 Å². The maximum Gasteiger partial charge on any atom is 0.269 e. The fraction of sp³-hybridized carbons (Fsp3) is 0.571. The van der Waals surface area contributed by atoms with Gasteiger partial charge in [0.15, 0.2) is 0 Å². The van der Waals surface area contributed by atoms with E-state index >= 15 is 0 Å². The van der Waals surface area contributed by atoms with Crippen molar-refractivity contribution in [3.8, 4) is 5.75 Å². The van der Waals surface area contributed by atoms with Gasteiger partial charge >= 0.3 is 0 Å². The second kappa shape index (κ2) is 7.06. The predicted molar refractivity (Wildman–Crippen MR) is 78.1 cm³/mol. The highest BCUT2D eigenvalue weighted by Gasteiger charge is 2.43. The normalized spacial score (nSPS) is 24.4. The molecule has 1 fully saturated rings. The molecule has 1 aliphatic carbocycles. The van der Waals surface area contributed by atoms with Crippen LogP contribution in [0.1, 0.15) is 12.0 Å². The number of hydrogen-bond acceptors (Lipinski definition) is 5. The largest absolute Gasteiger partial charge is 0.487 e. The van der Waals surface area contributed by atoms with E-state index < -0.39 is 4.92 Å². The molecule has 0 aromatic heterocycles. The van der Waals surface area contributed by atoms with E-state index in [9.17, 15) is 10.1 Å². The Labute approximate surface area is 128 Å². The van der Waals surface area contributed by atoms with Crippen molar-refractivity contribution >= 4 is 17.3 Å². The van der Waals surface area contributed by atoms with Crippen molar-refractivity contribution in [3.63, 3.8) is 0 Å². The number of methoxy groups -OCH3 is 1. The zero-order chi connectivity index (χ0) is 15.4. The molecule has 116 valence electrons. The van der Waals surface area contributed by atoms with Crippen LogP contribution in [0.25, 0.3) is 0 Å². The first-order valence-corrected chi connectivity index (χ1v) is 7.13. The molecule has 0 spiro atoms. The summed E-state index contributed by atoms with van der Waals surface area (Å²) in [5.41, 5.74) is 0.773. The first-order chi connectivity index (χ1) is 10.0. The first kappa shape index (κ1) is 16.0. The van der Waals surface area contributed by atoms with Gasteiger partial charge in [-0.1, -0.05) is 0 Å². The van der Waals surface area contributed by atoms with Gasteiger partial charge in [0, 0.05) is 25.7 Å². The average molecular weight is 316 g/mol. The zero-order valence-corrected chi connectivity index (χ0v) is 12.7. The van der Waals surface area contributed by atoms with Crippen LogP contribution >= 0.6 is 11.6 Å². The third-order valence-electron chi connectivity index (χ3n) is 3.43. The van der Waals surface area contributed by atoms with Crippen LogP contribution in [0, 0.1) is 17.0 Å². The number of non-ortho nitro benzene ring substituents is 1. The lowest BCUT2D eigenvalue weighted by atomic mass is 9.91. The van der Waals surface area contributed by atoms with E-state index in [4.69, 9.17) is 25.8 Å². The van der Waals surface area contributed by atoms with E-state index in [-0.39, 0.29) is 23.3 Å². The summed E-state index contributed by atoms with van der Waals surface area (Å²) in [7, 11) is 1.61. The summed E-state index contributed by atoms with van der Waals surface area (Å²) < 4.78 is 16.4. The molecule has 6 nitrogen and oxygen atoms in total. The van der Waals surface area contributed by atoms with Gasteiger partial charge in [0.2, 0.25) is 0 Å². The van der Waals surface area contributed by atoms with Gasteiger partial charge < -0.3 is 14.2 Å². The number of nitro groups is 1. The SMILES string of the molecule is COCCOC1C(Cl)CC1Oc1ccc([N+](=O)[O-])cc1C. The number of rotatable bonds is 7. The number of alkyl halides is 1. The number of benzene rings is 1. The number of nitrogens with zero attached hydrogens (tertiary/aromatic N) is 1. The van der Waals surface area contributed by atoms with Gasteiger partial charge in [-0.25, -0.2) is 0 Å². The lowest BCUT2D eigenvalue weighted by Crippen LogP contribution is -2.53. The number of hydrogen-bond donors (Lipinski definition) is 0. The molecule has 3 unspecified atom stereocenters. The van der Waals surface area contributed by atoms with Crippen molar-refractivity contribution in [2.75, 3.05) is 20.3 Å². The summed E-state index contributed by atoms with van der Waals surface area (Å²) in [6.07, 6.45) is 0.372. The summed E-state index contributed by atoms with van der Waals surface area (Å²) >= 11 is 6.13. The van der Waals surface area contributed by atoms with Gasteiger partial charge in [0.05, 0.1) is 23.5 Å². The van der Waals surface area contributed by atoms with Crippen LogP contribution in [0.2, 0.25) is 0 Å². The Balaban J connectivity index is 1.96. The van der Waals surface area contributed by atoms with Crippen molar-refractivity contribution < 1.29 is 19.1 Å². The number of aryl methyl sites for hydroxylation is 1. The van der Waals surface area contributed by atoms with E-state index in [2.05, 4.69) is 0 Å². The Bertz CT molecular complexity index is 510. The van der Waals surface area contributed by atoms with Gasteiger partial charge in [0.25, 0.3) is 5.69 Å². The van der Waals surface area contributed by atoms with Gasteiger partial charge in [-0.3, -0.25) is 10.1 Å². The molecule has 1 aliphatic rings. The third-order valence-corrected chi connectivity index (χ3v) is 3.85. The Morgan fingerprint density at radius 2 is 2.19 bits per heavy atom. The second-order valence-corrected chi connectivity index (χ2v) is 5.50. The van der Waals surface area contributed by atoms with Gasteiger partial charge in [-0.15, -0.1) is 11.6 Å². The highest BCUT2D eigenvalue weighted by atomic mass is 35.5. The Hall–Kier alpha value is -1.37. The Morgan fingerprint density at radius 3 is 2.76 bits per heavy atom. The van der Waals surface area contributed by atoms with E-state index in [1.807, 2.05) is 0 Å². The molecule has 0 heterocycles. The lowest BCUT2D eigenvalue weighted by Gasteiger charge is -2.40. The van der Waals surface area contributed by atoms with Crippen LogP contribution in [-0.4, -0.2) is 42.8 Å². The zero-order valence-electron chi connectivity index (χ0n) is 12.0. The number of nitro benzene ring substituents is 1. The van der Waals surface area contributed by atoms with Crippen LogP contribution in [-0.2, 0) is 9.47 Å². The highest BCUT2D eigenvalue weighted by Crippen LogP contribution is 2.34. The van der Waals surface area contributed by atoms with Crippen molar-refractivity contribution in [1.29, 1.82) is 0 Å². The van der Waals surface area contributed by atoms with Crippen LogP contribution in [0.15, 0.2) is 18.2 Å². The highest BCUT2D eigenvalue weighted by molar-refractivity contribution is 6.21. The number of halogens is 1. The molecule has 0 bridgehead atoms. The molecule has 1 aromatic rings. The molecule has 0 amide bonds. The molecule has 3 atom stereocenters. The summed E-state index contributed by atoms with van der Waals surface area (Å²) in [6, 6.07) is 4.54. The lowest BCUT2D eigenvalue weighted by molar-refractivity contribution is -0.384. The smallest absolute Gasteiger partial charge is 0.269 e. The molecule has 0 radical (unpaired) electrons. The van der Waals surface area contributed by atoms with E-state index in [0.29, 0.717) is 25.4 Å². The van der Waals surface area contributed by atoms with Gasteiger partial charge in [-0.05, 0) is 18.6 Å². The number of ether oxygens (including phenoxy) is 3. The quantitative estimate of drug-likeness (QED) is 0.335. The molecule has 1 aromatic carbocycles. The fourth-order valence-electron chi connectivity index (χ4n) is 2.16. The van der Waals surface area contributed by atoms with E-state index in [0.717, 1.165) is 5.56 Å². The molecule has 0 saturated heterocycles. The molecule has 0 N–H and O–H groups in total. The fourth-order valence-corrected chi connectivity index (χ4v) is 2.57. The first-order valence-electron chi connectivity index (χ1n) is 6.69. The van der Waals surface area contributed by atoms with Crippen LogP contribution in [0.5, 0.6) is 5.75 Å². The Morgan fingerprint density at radius 1 is 1.43 bits per heavy atom. The third kappa shape index (κ3) is 3.84. The maximum absolute atomic E-state index is 10.7. The van der Waals surface area contributed by atoms with Crippen LogP contribution < -0.4 is 4.74 Å². The summed E-state index contributed by atoms with van der Waals surface area (Å²) in [4.78, 5) is 10.3. The standard InChI is InChI=1S/C14H18ClNO5/c1-9-7-10(16(17)18)3-4-12(9)21-13-8-11(15)14(13)20-6-5-19-2/h3-4,7,11,13-14H,5-6,8H2,1-2H3. The average Bonchev–Trinajstić information content (AvgIpc) is 2.44. The van der Waals surface area contributed by atoms with Crippen molar-refractivity contribution in [1.82, 2.24) is 0 Å². The second-order valence-electron chi connectivity index (χ2n) is 4.94. The van der Waals surface area contributed by atoms with Crippen molar-refractivity contribution in [3.05, 3.63) is 33.9 Å². The minimum Gasteiger partial charge on any atom is -0.487 e. The summed E-state index contributed by atoms with van der Waals surface area (Å²) in [6.45, 7) is 2.74. The molecular weight excluding hydrogens is 298 g/mol. The molecular formula is C14H18ClNO5. The topological polar surface area (TPSA) is 70.8 Å². The minimum atomic E-state index is -0.425. The molecule has 1 saturated carbocycles. The van der Waals surface area contributed by atoms with Crippen LogP contribution in [0.3, 0.4) is 0 Å². The predicted octanol–water partition coefficient (Wildman–Crippen LogP) is 2.69. The monoisotopic (exact) mass is 315 g/mol. The molecule has 2 rings (SSSR count). The van der Waals surface area contributed by atoms with Crippen molar-refractivity contribution in [2.45, 2.75) is 30.9 Å². The molecule has 7 heteroatoms. The van der Waals surface area contributed by atoms with Gasteiger partial charge in [0.1, 0.15) is 18.0 Å². The summed E-state index contributed by atoms with van der Waals surface area (Å²) in [5.74, 6) is 0.620. The van der Waals surface area contributed by atoms with E-state index in [1.165, 1.54) is 12.1 Å².